The van der Waals surface area contributed by atoms with Crippen LogP contribution in [-0.4, -0.2) is 11.8 Å². The minimum absolute atomic E-state index is 0.381. The molecule has 2 rings (SSSR count). The number of para-hydroxylation sites is 1. The molecular weight excluding hydrogens is 242 g/mol. The summed E-state index contributed by atoms with van der Waals surface area (Å²) in [5, 5.41) is 3.04. The molecule has 0 fully saturated rings. The first-order valence-corrected chi connectivity index (χ1v) is 5.63. The van der Waals surface area contributed by atoms with Crippen LogP contribution in [0.5, 0.6) is 0 Å². The molecule has 2 amide bonds. The highest BCUT2D eigenvalue weighted by molar-refractivity contribution is 5.99. The summed E-state index contributed by atoms with van der Waals surface area (Å²) in [6, 6.07) is 13.6. The monoisotopic (exact) mass is 255 g/mol. The van der Waals surface area contributed by atoms with Gasteiger partial charge in [0.05, 0.1) is 11.3 Å². The molecule has 5 N–H and O–H groups in total. The van der Waals surface area contributed by atoms with Gasteiger partial charge in [0.15, 0.2) is 0 Å². The molecule has 0 aliphatic rings. The highest BCUT2D eigenvalue weighted by Gasteiger charge is 2.08. The van der Waals surface area contributed by atoms with Gasteiger partial charge in [0.1, 0.15) is 0 Å². The predicted octanol–water partition coefficient (Wildman–Crippen LogP) is 1.63. The number of anilines is 2. The van der Waals surface area contributed by atoms with Gasteiger partial charge in [-0.15, -0.1) is 0 Å². The van der Waals surface area contributed by atoms with Crippen molar-refractivity contribution in [3.8, 4) is 0 Å². The number of amides is 2. The zero-order valence-electron chi connectivity index (χ0n) is 10.1. The molecule has 0 saturated carbocycles. The Labute approximate surface area is 110 Å². The van der Waals surface area contributed by atoms with Crippen molar-refractivity contribution >= 4 is 23.2 Å². The first kappa shape index (κ1) is 12.6. The Morgan fingerprint density at radius 1 is 0.895 bits per heavy atom. The van der Waals surface area contributed by atoms with E-state index in [0.29, 0.717) is 22.5 Å². The minimum atomic E-state index is -0.519. The quantitative estimate of drug-likeness (QED) is 0.774. The molecule has 0 aliphatic carbocycles. The second-order valence-electron chi connectivity index (χ2n) is 3.98. The molecule has 5 nitrogen and oxygen atoms in total. The largest absolute Gasteiger partial charge is 0.366 e. The number of primary amides is 2. The van der Waals surface area contributed by atoms with Gasteiger partial charge in [0, 0.05) is 11.3 Å². The van der Waals surface area contributed by atoms with Gasteiger partial charge in [-0.2, -0.15) is 0 Å². The van der Waals surface area contributed by atoms with Gasteiger partial charge in [0.25, 0.3) is 5.91 Å². The molecule has 5 heteroatoms. The number of benzene rings is 2. The van der Waals surface area contributed by atoms with Gasteiger partial charge < -0.3 is 16.8 Å². The summed E-state index contributed by atoms with van der Waals surface area (Å²) in [4.78, 5) is 22.4. The summed E-state index contributed by atoms with van der Waals surface area (Å²) >= 11 is 0. The maximum Gasteiger partial charge on any atom is 0.250 e. The maximum absolute atomic E-state index is 11.3. The molecule has 0 aliphatic heterocycles. The molecule has 96 valence electrons. The highest BCUT2D eigenvalue weighted by Crippen LogP contribution is 2.21. The first-order chi connectivity index (χ1) is 9.08. The van der Waals surface area contributed by atoms with Crippen molar-refractivity contribution in [2.75, 3.05) is 5.32 Å². The van der Waals surface area contributed by atoms with Crippen LogP contribution in [0.2, 0.25) is 0 Å². The fraction of sp³-hybridized carbons (Fsp3) is 0. The lowest BCUT2D eigenvalue weighted by Gasteiger charge is -2.10. The number of nitrogens with one attached hydrogen (secondary N) is 1. The molecule has 0 aromatic heterocycles. The van der Waals surface area contributed by atoms with Crippen molar-refractivity contribution < 1.29 is 9.59 Å². The normalized spacial score (nSPS) is 9.89. The molecule has 0 heterocycles. The van der Waals surface area contributed by atoms with Crippen LogP contribution in [0.4, 0.5) is 11.4 Å². The molecular formula is C14H13N3O2. The molecule has 0 spiro atoms. The smallest absolute Gasteiger partial charge is 0.250 e. The zero-order chi connectivity index (χ0) is 13.8. The van der Waals surface area contributed by atoms with Gasteiger partial charge in [-0.3, -0.25) is 9.59 Å². The second-order valence-corrected chi connectivity index (χ2v) is 3.98. The van der Waals surface area contributed by atoms with E-state index < -0.39 is 11.8 Å². The van der Waals surface area contributed by atoms with E-state index in [1.807, 2.05) is 0 Å². The van der Waals surface area contributed by atoms with Crippen molar-refractivity contribution in [2.45, 2.75) is 0 Å². The van der Waals surface area contributed by atoms with E-state index in [1.165, 1.54) is 0 Å². The minimum Gasteiger partial charge on any atom is -0.366 e. The van der Waals surface area contributed by atoms with Crippen molar-refractivity contribution in [2.24, 2.45) is 11.5 Å². The Morgan fingerprint density at radius 2 is 1.63 bits per heavy atom. The van der Waals surface area contributed by atoms with Gasteiger partial charge >= 0.3 is 0 Å². The van der Waals surface area contributed by atoms with Crippen LogP contribution < -0.4 is 16.8 Å². The Balaban J connectivity index is 2.34. The number of nitrogens with two attached hydrogens (primary N) is 2. The van der Waals surface area contributed by atoms with Gasteiger partial charge in [-0.25, -0.2) is 0 Å². The summed E-state index contributed by atoms with van der Waals surface area (Å²) in [5.41, 5.74) is 12.5. The van der Waals surface area contributed by atoms with Crippen LogP contribution in [0.15, 0.2) is 48.5 Å². The van der Waals surface area contributed by atoms with E-state index in [0.717, 1.165) is 0 Å². The lowest BCUT2D eigenvalue weighted by atomic mass is 10.1. The Hall–Kier alpha value is -2.82. The van der Waals surface area contributed by atoms with Crippen molar-refractivity contribution in [3.63, 3.8) is 0 Å². The van der Waals surface area contributed by atoms with Gasteiger partial charge in [0.2, 0.25) is 5.91 Å². The molecule has 0 saturated heterocycles. The van der Waals surface area contributed by atoms with E-state index in [4.69, 9.17) is 11.5 Å². The van der Waals surface area contributed by atoms with Crippen molar-refractivity contribution in [1.82, 2.24) is 0 Å². The summed E-state index contributed by atoms with van der Waals surface area (Å²) in [6.07, 6.45) is 0. The van der Waals surface area contributed by atoms with E-state index in [-0.39, 0.29) is 0 Å². The molecule has 0 unspecified atom stereocenters. The van der Waals surface area contributed by atoms with Crippen LogP contribution in [-0.2, 0) is 0 Å². The fourth-order valence-electron chi connectivity index (χ4n) is 1.71. The number of carbonyl (C=O) groups excluding carboxylic acids is 2. The van der Waals surface area contributed by atoms with Crippen LogP contribution in [0.25, 0.3) is 0 Å². The summed E-state index contributed by atoms with van der Waals surface area (Å²) in [5.74, 6) is -1.03. The van der Waals surface area contributed by atoms with Crippen molar-refractivity contribution in [1.29, 1.82) is 0 Å². The number of rotatable bonds is 4. The Kier molecular flexibility index (Phi) is 3.47. The second kappa shape index (κ2) is 5.22. The summed E-state index contributed by atoms with van der Waals surface area (Å²) < 4.78 is 0. The SMILES string of the molecule is NC(=O)c1cccc(Nc2ccccc2C(N)=O)c1. The van der Waals surface area contributed by atoms with E-state index in [9.17, 15) is 9.59 Å². The average molecular weight is 255 g/mol. The lowest BCUT2D eigenvalue weighted by Crippen LogP contribution is -2.13. The lowest BCUT2D eigenvalue weighted by molar-refractivity contribution is 0.0992. The first-order valence-electron chi connectivity index (χ1n) is 5.63. The summed E-state index contributed by atoms with van der Waals surface area (Å²) in [6.45, 7) is 0. The van der Waals surface area contributed by atoms with Gasteiger partial charge in [-0.1, -0.05) is 18.2 Å². The molecule has 0 bridgehead atoms. The standard InChI is InChI=1S/C14H13N3O2/c15-13(18)9-4-3-5-10(8-9)17-12-7-2-1-6-11(12)14(16)19/h1-8,17H,(H2,15,18)(H2,16,19). The fourth-order valence-corrected chi connectivity index (χ4v) is 1.71. The molecule has 0 atom stereocenters. The average Bonchev–Trinajstić information content (AvgIpc) is 2.39. The van der Waals surface area contributed by atoms with Crippen LogP contribution in [0.1, 0.15) is 20.7 Å². The Morgan fingerprint density at radius 3 is 2.32 bits per heavy atom. The zero-order valence-corrected chi connectivity index (χ0v) is 10.1. The number of carbonyl (C=O) groups is 2. The van der Waals surface area contributed by atoms with Crippen LogP contribution >= 0.6 is 0 Å². The third kappa shape index (κ3) is 2.90. The third-order valence-electron chi connectivity index (χ3n) is 2.62. The van der Waals surface area contributed by atoms with Gasteiger partial charge in [-0.05, 0) is 30.3 Å². The Bertz CT molecular complexity index is 638. The summed E-state index contributed by atoms with van der Waals surface area (Å²) in [7, 11) is 0. The third-order valence-corrected chi connectivity index (χ3v) is 2.62. The molecule has 2 aromatic rings. The number of hydrogen-bond acceptors (Lipinski definition) is 3. The molecule has 2 aromatic carbocycles. The highest BCUT2D eigenvalue weighted by atomic mass is 16.1. The van der Waals surface area contributed by atoms with E-state index >= 15 is 0 Å². The predicted molar refractivity (Wildman–Crippen MR) is 73.2 cm³/mol. The number of hydrogen-bond donors (Lipinski definition) is 3. The maximum atomic E-state index is 11.3. The van der Waals surface area contributed by atoms with E-state index in [1.54, 1.807) is 48.5 Å². The van der Waals surface area contributed by atoms with E-state index in [2.05, 4.69) is 5.32 Å². The van der Waals surface area contributed by atoms with Crippen LogP contribution in [0, 0.1) is 0 Å². The van der Waals surface area contributed by atoms with Crippen LogP contribution in [0.3, 0.4) is 0 Å². The molecule has 19 heavy (non-hydrogen) atoms. The topological polar surface area (TPSA) is 98.2 Å². The molecule has 0 radical (unpaired) electrons. The van der Waals surface area contributed by atoms with Crippen molar-refractivity contribution in [3.05, 3.63) is 59.7 Å².